The number of alkyl halides is 2. The molecule has 0 aliphatic heterocycles. The van der Waals surface area contributed by atoms with Crippen LogP contribution in [0, 0.1) is 0 Å². The van der Waals surface area contributed by atoms with Crippen LogP contribution < -0.4 is 5.73 Å². The lowest BCUT2D eigenvalue weighted by molar-refractivity contribution is -0.00826. The van der Waals surface area contributed by atoms with Gasteiger partial charge in [-0.2, -0.15) is 0 Å². The Kier molecular flexibility index (Phi) is 2.31. The number of nitrogens with two attached hydrogens (primary N) is 1. The lowest BCUT2D eigenvalue weighted by Gasteiger charge is -2.13. The maximum absolute atomic E-state index is 13.0. The van der Waals surface area contributed by atoms with Gasteiger partial charge >= 0.3 is 0 Å². The normalized spacial score (nSPS) is 11.6. The standard InChI is InChI=1S/C9H11F2N/c1-2-9(10,11)7-3-5-8(12)6-4-7/h3-6H,2,12H2,1H3. The van der Waals surface area contributed by atoms with Crippen LogP contribution in [-0.4, -0.2) is 0 Å². The number of hydrogen-bond donors (Lipinski definition) is 1. The minimum atomic E-state index is -2.73. The minimum absolute atomic E-state index is 0.0270. The van der Waals surface area contributed by atoms with Crippen molar-refractivity contribution in [2.45, 2.75) is 19.3 Å². The van der Waals surface area contributed by atoms with Gasteiger partial charge in [0.05, 0.1) is 0 Å². The zero-order valence-electron chi connectivity index (χ0n) is 6.85. The number of halogens is 2. The highest BCUT2D eigenvalue weighted by Crippen LogP contribution is 2.31. The molecule has 0 amide bonds. The fourth-order valence-electron chi connectivity index (χ4n) is 0.931. The highest BCUT2D eigenvalue weighted by Gasteiger charge is 2.28. The van der Waals surface area contributed by atoms with Crippen LogP contribution in [0.3, 0.4) is 0 Å². The highest BCUT2D eigenvalue weighted by molar-refractivity contribution is 5.40. The van der Waals surface area contributed by atoms with E-state index in [1.165, 1.54) is 31.2 Å². The summed E-state index contributed by atoms with van der Waals surface area (Å²) >= 11 is 0. The molecule has 0 unspecified atom stereocenters. The molecular formula is C9H11F2N. The molecule has 0 atom stereocenters. The van der Waals surface area contributed by atoms with E-state index < -0.39 is 5.92 Å². The Balaban J connectivity index is 2.96. The molecule has 0 fully saturated rings. The van der Waals surface area contributed by atoms with Gasteiger partial charge in [0.2, 0.25) is 0 Å². The van der Waals surface area contributed by atoms with E-state index in [0.717, 1.165) is 0 Å². The lowest BCUT2D eigenvalue weighted by atomic mass is 10.1. The first-order valence-electron chi connectivity index (χ1n) is 3.80. The lowest BCUT2D eigenvalue weighted by Crippen LogP contribution is -2.11. The SMILES string of the molecule is CCC(F)(F)c1ccc(N)cc1. The number of hydrogen-bond acceptors (Lipinski definition) is 1. The molecule has 0 aromatic heterocycles. The van der Waals surface area contributed by atoms with Crippen LogP contribution in [0.15, 0.2) is 24.3 Å². The zero-order valence-corrected chi connectivity index (χ0v) is 6.85. The van der Waals surface area contributed by atoms with E-state index in [9.17, 15) is 8.78 Å². The maximum Gasteiger partial charge on any atom is 0.273 e. The van der Waals surface area contributed by atoms with Gasteiger partial charge in [-0.1, -0.05) is 19.1 Å². The molecule has 0 heterocycles. The molecule has 12 heavy (non-hydrogen) atoms. The summed E-state index contributed by atoms with van der Waals surface area (Å²) in [5.41, 5.74) is 5.90. The maximum atomic E-state index is 13.0. The van der Waals surface area contributed by atoms with Crippen LogP contribution >= 0.6 is 0 Å². The molecule has 0 spiro atoms. The first kappa shape index (κ1) is 8.97. The molecule has 1 aromatic carbocycles. The molecule has 0 radical (unpaired) electrons. The molecule has 0 aliphatic carbocycles. The summed E-state index contributed by atoms with van der Waals surface area (Å²) in [6.45, 7) is 1.45. The van der Waals surface area contributed by atoms with Crippen molar-refractivity contribution < 1.29 is 8.78 Å². The summed E-state index contributed by atoms with van der Waals surface area (Å²) in [6.07, 6.45) is -0.184. The second kappa shape index (κ2) is 3.09. The monoisotopic (exact) mass is 171 g/mol. The second-order valence-electron chi connectivity index (χ2n) is 2.68. The van der Waals surface area contributed by atoms with E-state index in [1.807, 2.05) is 0 Å². The Morgan fingerprint density at radius 1 is 1.25 bits per heavy atom. The van der Waals surface area contributed by atoms with Crippen LogP contribution in [0.5, 0.6) is 0 Å². The van der Waals surface area contributed by atoms with E-state index in [2.05, 4.69) is 0 Å². The van der Waals surface area contributed by atoms with Crippen LogP contribution in [0.4, 0.5) is 14.5 Å². The van der Waals surface area contributed by atoms with Gasteiger partial charge in [-0.3, -0.25) is 0 Å². The molecular weight excluding hydrogens is 160 g/mol. The molecule has 66 valence electrons. The van der Waals surface area contributed by atoms with Crippen LogP contribution in [0.2, 0.25) is 0 Å². The van der Waals surface area contributed by atoms with Crippen molar-refractivity contribution in [3.63, 3.8) is 0 Å². The van der Waals surface area contributed by atoms with Gasteiger partial charge in [0.25, 0.3) is 5.92 Å². The first-order valence-corrected chi connectivity index (χ1v) is 3.80. The van der Waals surface area contributed by atoms with Gasteiger partial charge in [0.1, 0.15) is 0 Å². The van der Waals surface area contributed by atoms with E-state index in [-0.39, 0.29) is 12.0 Å². The van der Waals surface area contributed by atoms with Gasteiger partial charge in [0, 0.05) is 17.7 Å². The van der Waals surface area contributed by atoms with Gasteiger partial charge < -0.3 is 5.73 Å². The average Bonchev–Trinajstić information content (AvgIpc) is 2.05. The molecule has 1 rings (SSSR count). The number of rotatable bonds is 2. The van der Waals surface area contributed by atoms with Crippen LogP contribution in [0.25, 0.3) is 0 Å². The summed E-state index contributed by atoms with van der Waals surface area (Å²) in [7, 11) is 0. The van der Waals surface area contributed by atoms with Gasteiger partial charge in [0.15, 0.2) is 0 Å². The Bertz CT molecular complexity index is 254. The Hall–Kier alpha value is -1.12. The summed E-state index contributed by atoms with van der Waals surface area (Å²) in [4.78, 5) is 0. The third kappa shape index (κ3) is 1.72. The summed E-state index contributed by atoms with van der Waals surface area (Å²) in [5, 5.41) is 0. The molecule has 1 aromatic rings. The summed E-state index contributed by atoms with van der Waals surface area (Å²) in [6, 6.07) is 5.69. The quantitative estimate of drug-likeness (QED) is 0.680. The van der Waals surface area contributed by atoms with Crippen LogP contribution in [0.1, 0.15) is 18.9 Å². The van der Waals surface area contributed by atoms with Gasteiger partial charge in [-0.15, -0.1) is 0 Å². The molecule has 3 heteroatoms. The molecule has 0 aliphatic rings. The fourth-order valence-corrected chi connectivity index (χ4v) is 0.931. The predicted octanol–water partition coefficient (Wildman–Crippen LogP) is 2.77. The van der Waals surface area contributed by atoms with Gasteiger partial charge in [-0.05, 0) is 12.1 Å². The van der Waals surface area contributed by atoms with E-state index >= 15 is 0 Å². The summed E-state index contributed by atoms with van der Waals surface area (Å²) < 4.78 is 26.0. The number of nitrogen functional groups attached to an aromatic ring is 1. The Morgan fingerprint density at radius 2 is 1.75 bits per heavy atom. The molecule has 2 N–H and O–H groups in total. The molecule has 1 nitrogen and oxygen atoms in total. The fraction of sp³-hybridized carbons (Fsp3) is 0.333. The minimum Gasteiger partial charge on any atom is -0.399 e. The largest absolute Gasteiger partial charge is 0.399 e. The highest BCUT2D eigenvalue weighted by atomic mass is 19.3. The number of benzene rings is 1. The van der Waals surface area contributed by atoms with Crippen molar-refractivity contribution in [1.82, 2.24) is 0 Å². The van der Waals surface area contributed by atoms with Crippen molar-refractivity contribution >= 4 is 5.69 Å². The molecule has 0 bridgehead atoms. The predicted molar refractivity (Wildman–Crippen MR) is 45.0 cm³/mol. The Labute approximate surface area is 70.2 Å². The van der Waals surface area contributed by atoms with Crippen molar-refractivity contribution in [2.75, 3.05) is 5.73 Å². The molecule has 0 saturated heterocycles. The number of anilines is 1. The van der Waals surface area contributed by atoms with Crippen molar-refractivity contribution in [3.8, 4) is 0 Å². The van der Waals surface area contributed by atoms with E-state index in [1.54, 1.807) is 0 Å². The van der Waals surface area contributed by atoms with E-state index in [4.69, 9.17) is 5.73 Å². The molecule has 0 saturated carbocycles. The third-order valence-electron chi connectivity index (χ3n) is 1.78. The third-order valence-corrected chi connectivity index (χ3v) is 1.78. The average molecular weight is 171 g/mol. The Morgan fingerprint density at radius 3 is 2.17 bits per heavy atom. The van der Waals surface area contributed by atoms with Crippen LogP contribution in [-0.2, 0) is 5.92 Å². The topological polar surface area (TPSA) is 26.0 Å². The zero-order chi connectivity index (χ0) is 9.19. The van der Waals surface area contributed by atoms with Gasteiger partial charge in [-0.25, -0.2) is 8.78 Å². The van der Waals surface area contributed by atoms with Crippen molar-refractivity contribution in [3.05, 3.63) is 29.8 Å². The van der Waals surface area contributed by atoms with E-state index in [0.29, 0.717) is 5.69 Å². The smallest absolute Gasteiger partial charge is 0.273 e. The van der Waals surface area contributed by atoms with Crippen molar-refractivity contribution in [2.24, 2.45) is 0 Å². The first-order chi connectivity index (χ1) is 5.56. The summed E-state index contributed by atoms with van der Waals surface area (Å²) in [5.74, 6) is -2.73. The van der Waals surface area contributed by atoms with Crippen molar-refractivity contribution in [1.29, 1.82) is 0 Å². The second-order valence-corrected chi connectivity index (χ2v) is 2.68.